The molecule has 8 heteroatoms. The number of aromatic nitrogens is 2. The molecule has 7 nitrogen and oxygen atoms in total. The zero-order chi connectivity index (χ0) is 18.6. The molecule has 0 radical (unpaired) electrons. The Morgan fingerprint density at radius 1 is 1.28 bits per heavy atom. The molecule has 0 unspecified atom stereocenters. The Balaban J connectivity index is 2.06. The average molecular weight is 348 g/mol. The zero-order valence-electron chi connectivity index (χ0n) is 14.4. The highest BCUT2D eigenvalue weighted by molar-refractivity contribution is 5.75. The van der Waals surface area contributed by atoms with Crippen molar-refractivity contribution in [3.63, 3.8) is 0 Å². The van der Waals surface area contributed by atoms with Crippen molar-refractivity contribution >= 4 is 5.91 Å². The minimum atomic E-state index is -0.558. The second kappa shape index (κ2) is 7.89. The fourth-order valence-electron chi connectivity index (χ4n) is 2.47. The number of amides is 1. The van der Waals surface area contributed by atoms with Crippen molar-refractivity contribution in [3.05, 3.63) is 68.7 Å². The Morgan fingerprint density at radius 3 is 2.64 bits per heavy atom. The lowest BCUT2D eigenvalue weighted by molar-refractivity contribution is -0.122. The lowest BCUT2D eigenvalue weighted by atomic mass is 10.1. The molecule has 1 amide bonds. The summed E-state index contributed by atoms with van der Waals surface area (Å²) in [5, 5.41) is 2.74. The van der Waals surface area contributed by atoms with Crippen molar-refractivity contribution in [1.29, 1.82) is 0 Å². The molecule has 1 heterocycles. The van der Waals surface area contributed by atoms with Crippen molar-refractivity contribution in [3.8, 4) is 0 Å². The van der Waals surface area contributed by atoms with Gasteiger partial charge in [0.15, 0.2) is 0 Å². The third-order valence-corrected chi connectivity index (χ3v) is 3.92. The summed E-state index contributed by atoms with van der Waals surface area (Å²) in [6.07, 6.45) is 1.29. The lowest BCUT2D eigenvalue weighted by Gasteiger charge is -2.25. The first-order valence-electron chi connectivity index (χ1n) is 7.74. The Morgan fingerprint density at radius 2 is 2.00 bits per heavy atom. The van der Waals surface area contributed by atoms with E-state index in [9.17, 15) is 18.8 Å². The normalized spacial score (nSPS) is 12.2. The molecule has 0 spiro atoms. The molecular formula is C17H21FN4O3. The summed E-state index contributed by atoms with van der Waals surface area (Å²) in [4.78, 5) is 37.3. The summed E-state index contributed by atoms with van der Waals surface area (Å²) >= 11 is 0. The smallest absolute Gasteiger partial charge is 0.331 e. The maximum Gasteiger partial charge on any atom is 0.331 e. The van der Waals surface area contributed by atoms with E-state index in [0.717, 1.165) is 14.7 Å². The van der Waals surface area contributed by atoms with Gasteiger partial charge in [-0.15, -0.1) is 0 Å². The number of carbonyl (C=O) groups excluding carboxylic acids is 1. The van der Waals surface area contributed by atoms with Crippen LogP contribution in [0.3, 0.4) is 0 Å². The van der Waals surface area contributed by atoms with Gasteiger partial charge in [0.1, 0.15) is 12.4 Å². The highest BCUT2D eigenvalue weighted by Crippen LogP contribution is 2.18. The molecule has 0 saturated carbocycles. The highest BCUT2D eigenvalue weighted by atomic mass is 19.1. The molecule has 0 fully saturated rings. The number of likely N-dealkylation sites (N-methyl/N-ethyl adjacent to an activating group) is 1. The maximum atomic E-state index is 13.4. The number of benzene rings is 1. The molecule has 0 saturated heterocycles. The number of rotatable bonds is 6. The molecule has 0 aliphatic heterocycles. The zero-order valence-corrected chi connectivity index (χ0v) is 14.4. The van der Waals surface area contributed by atoms with E-state index in [-0.39, 0.29) is 30.9 Å². The van der Waals surface area contributed by atoms with Gasteiger partial charge in [-0.1, -0.05) is 12.1 Å². The third-order valence-electron chi connectivity index (χ3n) is 3.92. The number of nitrogens with zero attached hydrogens (tertiary/aromatic N) is 3. The quantitative estimate of drug-likeness (QED) is 0.804. The van der Waals surface area contributed by atoms with Gasteiger partial charge in [0.05, 0.1) is 6.04 Å². The minimum absolute atomic E-state index is 0.198. The highest BCUT2D eigenvalue weighted by Gasteiger charge is 2.16. The van der Waals surface area contributed by atoms with E-state index in [2.05, 4.69) is 5.32 Å². The average Bonchev–Trinajstić information content (AvgIpc) is 2.55. The molecule has 0 bridgehead atoms. The molecule has 0 aliphatic carbocycles. The van der Waals surface area contributed by atoms with Gasteiger partial charge >= 0.3 is 5.69 Å². The van der Waals surface area contributed by atoms with Crippen LogP contribution < -0.4 is 16.6 Å². The molecule has 2 rings (SSSR count). The van der Waals surface area contributed by atoms with Crippen LogP contribution in [-0.2, 0) is 18.4 Å². The molecule has 2 aromatic rings. The van der Waals surface area contributed by atoms with E-state index in [1.165, 1.54) is 31.4 Å². The van der Waals surface area contributed by atoms with Crippen LogP contribution in [-0.4, -0.2) is 40.6 Å². The Hall–Kier alpha value is -2.74. The monoisotopic (exact) mass is 348 g/mol. The Kier molecular flexibility index (Phi) is 5.87. The van der Waals surface area contributed by atoms with Crippen LogP contribution in [0.25, 0.3) is 0 Å². The molecule has 0 aliphatic rings. The summed E-state index contributed by atoms with van der Waals surface area (Å²) in [6, 6.07) is 7.21. The van der Waals surface area contributed by atoms with E-state index in [4.69, 9.17) is 0 Å². The fraction of sp³-hybridized carbons (Fsp3) is 0.353. The first-order valence-corrected chi connectivity index (χ1v) is 7.74. The van der Waals surface area contributed by atoms with E-state index < -0.39 is 11.2 Å². The number of hydrogen-bond donors (Lipinski definition) is 1. The van der Waals surface area contributed by atoms with Gasteiger partial charge in [-0.2, -0.15) is 0 Å². The molecule has 1 aromatic heterocycles. The number of carbonyl (C=O) groups is 1. The van der Waals surface area contributed by atoms with Crippen LogP contribution in [0.15, 0.2) is 46.1 Å². The minimum Gasteiger partial charge on any atom is -0.353 e. The largest absolute Gasteiger partial charge is 0.353 e. The molecular weight excluding hydrogens is 327 g/mol. The summed E-state index contributed by atoms with van der Waals surface area (Å²) in [6.45, 7) is 0.0616. The molecule has 25 heavy (non-hydrogen) atoms. The second-order valence-corrected chi connectivity index (χ2v) is 5.96. The van der Waals surface area contributed by atoms with Crippen molar-refractivity contribution in [2.45, 2.75) is 12.6 Å². The van der Waals surface area contributed by atoms with Gasteiger partial charge in [-0.25, -0.2) is 9.18 Å². The third kappa shape index (κ3) is 4.63. The van der Waals surface area contributed by atoms with Crippen molar-refractivity contribution in [1.82, 2.24) is 19.4 Å². The Bertz CT molecular complexity index is 873. The SMILES string of the molecule is CN(C)[C@H](CNC(=O)Cn1ccc(=O)n(C)c1=O)c1cccc(F)c1. The van der Waals surface area contributed by atoms with Crippen molar-refractivity contribution in [2.75, 3.05) is 20.6 Å². The number of hydrogen-bond acceptors (Lipinski definition) is 4. The van der Waals surface area contributed by atoms with Gasteiger partial charge in [0.2, 0.25) is 5.91 Å². The van der Waals surface area contributed by atoms with E-state index in [1.54, 1.807) is 12.1 Å². The maximum absolute atomic E-state index is 13.4. The van der Waals surface area contributed by atoms with Gasteiger partial charge in [-0.3, -0.25) is 18.7 Å². The van der Waals surface area contributed by atoms with Gasteiger partial charge in [0, 0.05) is 25.9 Å². The lowest BCUT2D eigenvalue weighted by Crippen LogP contribution is -2.41. The topological polar surface area (TPSA) is 76.3 Å². The van der Waals surface area contributed by atoms with Gasteiger partial charge in [0.25, 0.3) is 5.56 Å². The van der Waals surface area contributed by atoms with Crippen LogP contribution in [0, 0.1) is 5.82 Å². The van der Waals surface area contributed by atoms with Crippen molar-refractivity contribution in [2.24, 2.45) is 7.05 Å². The van der Waals surface area contributed by atoms with Crippen molar-refractivity contribution < 1.29 is 9.18 Å². The van der Waals surface area contributed by atoms with Gasteiger partial charge < -0.3 is 10.2 Å². The molecule has 1 N–H and O–H groups in total. The standard InChI is InChI=1S/C17H21FN4O3/c1-20(2)14(12-5-4-6-13(18)9-12)10-19-15(23)11-22-8-7-16(24)21(3)17(22)25/h4-9,14H,10-11H2,1-3H3,(H,19,23)/t14-/m1/s1. The second-order valence-electron chi connectivity index (χ2n) is 5.96. The van der Waals surface area contributed by atoms with E-state index >= 15 is 0 Å². The van der Waals surface area contributed by atoms with Gasteiger partial charge in [-0.05, 0) is 31.8 Å². The first-order chi connectivity index (χ1) is 11.8. The van der Waals surface area contributed by atoms with Crippen LogP contribution in [0.5, 0.6) is 0 Å². The molecule has 1 aromatic carbocycles. The van der Waals surface area contributed by atoms with Crippen LogP contribution in [0.1, 0.15) is 11.6 Å². The predicted molar refractivity (Wildman–Crippen MR) is 91.8 cm³/mol. The summed E-state index contributed by atoms with van der Waals surface area (Å²) in [5.41, 5.74) is -0.248. The summed E-state index contributed by atoms with van der Waals surface area (Å²) in [5.74, 6) is -0.712. The molecule has 1 atom stereocenters. The fourth-order valence-corrected chi connectivity index (χ4v) is 2.47. The number of halogens is 1. The predicted octanol–water partition coefficient (Wildman–Crippen LogP) is 0.105. The molecule has 134 valence electrons. The first kappa shape index (κ1) is 18.6. The summed E-state index contributed by atoms with van der Waals surface area (Å²) < 4.78 is 15.5. The van der Waals surface area contributed by atoms with E-state index in [0.29, 0.717) is 0 Å². The van der Waals surface area contributed by atoms with E-state index in [1.807, 2.05) is 19.0 Å². The van der Waals surface area contributed by atoms with Crippen LogP contribution in [0.2, 0.25) is 0 Å². The van der Waals surface area contributed by atoms with Crippen LogP contribution >= 0.6 is 0 Å². The Labute approximate surface area is 144 Å². The summed E-state index contributed by atoms with van der Waals surface area (Å²) in [7, 11) is 5.02. The number of nitrogens with one attached hydrogen (secondary N) is 1. The van der Waals surface area contributed by atoms with Crippen LogP contribution in [0.4, 0.5) is 4.39 Å².